The molecule has 0 aliphatic heterocycles. The van der Waals surface area contributed by atoms with Crippen molar-refractivity contribution in [1.82, 2.24) is 0 Å². The lowest BCUT2D eigenvalue weighted by Crippen LogP contribution is -2.28. The number of hydrogen-bond donors (Lipinski definition) is 0. The lowest BCUT2D eigenvalue weighted by atomic mass is 10.0. The molecule has 0 aliphatic rings. The van der Waals surface area contributed by atoms with Crippen LogP contribution in [0.25, 0.3) is 0 Å². The van der Waals surface area contributed by atoms with Crippen molar-refractivity contribution in [3.8, 4) is 17.2 Å². The Bertz CT molecular complexity index is 1080. The molecular formula is C28H30Cl2O7. The standard InChI is InChI=1S/C28H30Cl2O7/c1-32-14-16-35-24-18-22(23(34-3)19-25(24)36-17-15-33-2)28(29,30)27(31)37-26(20-10-6-4-7-11-20)21-12-8-5-9-13-21/h4-13,18-19,26H,14-17H2,1-3H3. The predicted octanol–water partition coefficient (Wildman–Crippen LogP) is 5.71. The van der Waals surface area contributed by atoms with E-state index in [0.29, 0.717) is 24.7 Å². The normalized spacial score (nSPS) is 11.3. The summed E-state index contributed by atoms with van der Waals surface area (Å²) < 4.78 is 31.1. The topological polar surface area (TPSA) is 72.5 Å². The summed E-state index contributed by atoms with van der Waals surface area (Å²) in [7, 11) is 4.57. The molecule has 0 aliphatic carbocycles. The minimum atomic E-state index is -2.13. The Hall–Kier alpha value is -2.97. The Labute approximate surface area is 227 Å². The van der Waals surface area contributed by atoms with Gasteiger partial charge >= 0.3 is 5.97 Å². The Kier molecular flexibility index (Phi) is 10.9. The molecule has 0 N–H and O–H groups in total. The first-order chi connectivity index (χ1) is 17.9. The number of halogens is 2. The van der Waals surface area contributed by atoms with Gasteiger partial charge in [0.15, 0.2) is 17.6 Å². The molecule has 0 bridgehead atoms. The van der Waals surface area contributed by atoms with Gasteiger partial charge in [0.05, 0.1) is 20.3 Å². The van der Waals surface area contributed by atoms with Gasteiger partial charge in [0.2, 0.25) is 4.33 Å². The van der Waals surface area contributed by atoms with Crippen LogP contribution in [0, 0.1) is 0 Å². The number of methoxy groups -OCH3 is 3. The molecule has 0 amide bonds. The van der Waals surface area contributed by atoms with Gasteiger partial charge in [-0.05, 0) is 17.2 Å². The number of rotatable bonds is 14. The van der Waals surface area contributed by atoms with Crippen molar-refractivity contribution in [1.29, 1.82) is 0 Å². The highest BCUT2D eigenvalue weighted by molar-refractivity contribution is 6.57. The fraction of sp³-hybridized carbons (Fsp3) is 0.321. The molecule has 9 heteroatoms. The quantitative estimate of drug-likeness (QED) is 0.145. The Morgan fingerprint density at radius 1 is 0.730 bits per heavy atom. The fourth-order valence-corrected chi connectivity index (χ4v) is 3.91. The van der Waals surface area contributed by atoms with E-state index in [1.165, 1.54) is 13.2 Å². The predicted molar refractivity (Wildman–Crippen MR) is 142 cm³/mol. The molecule has 3 rings (SSSR count). The number of esters is 1. The summed E-state index contributed by atoms with van der Waals surface area (Å²) >= 11 is 13.4. The Balaban J connectivity index is 1.97. The smallest absolute Gasteiger partial charge is 0.348 e. The van der Waals surface area contributed by atoms with E-state index in [1.54, 1.807) is 20.3 Å². The zero-order valence-electron chi connectivity index (χ0n) is 20.9. The number of carbonyl (C=O) groups excluding carboxylic acids is 1. The van der Waals surface area contributed by atoms with E-state index in [1.807, 2.05) is 60.7 Å². The van der Waals surface area contributed by atoms with Crippen LogP contribution >= 0.6 is 23.2 Å². The van der Waals surface area contributed by atoms with E-state index in [9.17, 15) is 4.79 Å². The van der Waals surface area contributed by atoms with Crippen molar-refractivity contribution < 1.29 is 33.2 Å². The molecule has 0 saturated heterocycles. The van der Waals surface area contributed by atoms with Gasteiger partial charge in [0, 0.05) is 25.8 Å². The second kappa shape index (κ2) is 14.1. The van der Waals surface area contributed by atoms with Gasteiger partial charge in [-0.3, -0.25) is 0 Å². The monoisotopic (exact) mass is 548 g/mol. The Morgan fingerprint density at radius 2 is 1.22 bits per heavy atom. The van der Waals surface area contributed by atoms with E-state index in [4.69, 9.17) is 51.6 Å². The molecule has 0 heterocycles. The van der Waals surface area contributed by atoms with Crippen LogP contribution in [0.5, 0.6) is 17.2 Å². The maximum atomic E-state index is 13.5. The first-order valence-corrected chi connectivity index (χ1v) is 12.3. The zero-order valence-corrected chi connectivity index (χ0v) is 22.5. The van der Waals surface area contributed by atoms with Gasteiger partial charge in [-0.2, -0.15) is 0 Å². The highest BCUT2D eigenvalue weighted by Gasteiger charge is 2.43. The van der Waals surface area contributed by atoms with E-state index in [0.717, 1.165) is 11.1 Å². The van der Waals surface area contributed by atoms with Crippen molar-refractivity contribution in [3.05, 3.63) is 89.5 Å². The van der Waals surface area contributed by atoms with Gasteiger partial charge < -0.3 is 28.4 Å². The molecule has 37 heavy (non-hydrogen) atoms. The summed E-state index contributed by atoms with van der Waals surface area (Å²) in [5.74, 6) is 0.0370. The third-order valence-electron chi connectivity index (χ3n) is 5.38. The third-order valence-corrected chi connectivity index (χ3v) is 6.10. The minimum Gasteiger partial charge on any atom is -0.496 e. The van der Waals surface area contributed by atoms with Crippen LogP contribution in [0.4, 0.5) is 0 Å². The summed E-state index contributed by atoms with van der Waals surface area (Å²) in [5.41, 5.74) is 1.68. The molecule has 0 unspecified atom stereocenters. The van der Waals surface area contributed by atoms with E-state index in [2.05, 4.69) is 0 Å². The average Bonchev–Trinajstić information content (AvgIpc) is 2.93. The number of carbonyl (C=O) groups is 1. The van der Waals surface area contributed by atoms with Gasteiger partial charge in [0.25, 0.3) is 0 Å². The van der Waals surface area contributed by atoms with Crippen LogP contribution in [-0.4, -0.2) is 53.7 Å². The molecule has 0 spiro atoms. The van der Waals surface area contributed by atoms with Gasteiger partial charge in [-0.15, -0.1) is 0 Å². The SMILES string of the molecule is COCCOc1cc(OC)c(C(Cl)(Cl)C(=O)OC(c2ccccc2)c2ccccc2)cc1OCCOC. The number of benzene rings is 3. The van der Waals surface area contributed by atoms with Crippen LogP contribution in [0.3, 0.4) is 0 Å². The summed E-state index contributed by atoms with van der Waals surface area (Å²) in [6.07, 6.45) is -0.730. The second-order valence-electron chi connectivity index (χ2n) is 7.86. The highest BCUT2D eigenvalue weighted by atomic mass is 35.5. The average molecular weight is 549 g/mol. The van der Waals surface area contributed by atoms with Crippen LogP contribution in [0.15, 0.2) is 72.8 Å². The molecule has 3 aromatic rings. The van der Waals surface area contributed by atoms with Gasteiger partial charge in [-0.1, -0.05) is 83.9 Å². The zero-order chi connectivity index (χ0) is 26.7. The first-order valence-electron chi connectivity index (χ1n) is 11.6. The van der Waals surface area contributed by atoms with Crippen molar-refractivity contribution in [2.75, 3.05) is 47.8 Å². The lowest BCUT2D eigenvalue weighted by molar-refractivity contribution is -0.148. The van der Waals surface area contributed by atoms with Crippen molar-refractivity contribution in [2.45, 2.75) is 10.4 Å². The first kappa shape index (κ1) is 28.6. The maximum absolute atomic E-state index is 13.5. The summed E-state index contributed by atoms with van der Waals surface area (Å²) in [4.78, 5) is 13.5. The molecular weight excluding hydrogens is 519 g/mol. The lowest BCUT2D eigenvalue weighted by Gasteiger charge is -2.26. The van der Waals surface area contributed by atoms with Crippen molar-refractivity contribution >= 4 is 29.2 Å². The number of hydrogen-bond acceptors (Lipinski definition) is 7. The van der Waals surface area contributed by atoms with Crippen LogP contribution in [0.1, 0.15) is 22.8 Å². The molecule has 0 atom stereocenters. The summed E-state index contributed by atoms with van der Waals surface area (Å²) in [5, 5.41) is 0. The molecule has 0 aromatic heterocycles. The summed E-state index contributed by atoms with van der Waals surface area (Å²) in [6, 6.07) is 21.8. The molecule has 0 saturated carbocycles. The minimum absolute atomic E-state index is 0.148. The van der Waals surface area contributed by atoms with Crippen LogP contribution < -0.4 is 14.2 Å². The van der Waals surface area contributed by atoms with Crippen LogP contribution in [-0.2, 0) is 23.3 Å². The van der Waals surface area contributed by atoms with E-state index in [-0.39, 0.29) is 24.5 Å². The van der Waals surface area contributed by atoms with Crippen molar-refractivity contribution in [3.63, 3.8) is 0 Å². The highest BCUT2D eigenvalue weighted by Crippen LogP contribution is 2.46. The molecule has 7 nitrogen and oxygen atoms in total. The third kappa shape index (κ3) is 7.52. The molecule has 0 fully saturated rings. The van der Waals surface area contributed by atoms with E-state index < -0.39 is 16.4 Å². The van der Waals surface area contributed by atoms with Gasteiger partial charge in [0.1, 0.15) is 19.0 Å². The Morgan fingerprint density at radius 3 is 1.68 bits per heavy atom. The maximum Gasteiger partial charge on any atom is 0.348 e. The van der Waals surface area contributed by atoms with Crippen molar-refractivity contribution in [2.24, 2.45) is 0 Å². The van der Waals surface area contributed by atoms with Crippen LogP contribution in [0.2, 0.25) is 0 Å². The molecule has 0 radical (unpaired) electrons. The molecule has 3 aromatic carbocycles. The summed E-state index contributed by atoms with van der Waals surface area (Å²) in [6.45, 7) is 1.20. The number of ether oxygens (including phenoxy) is 6. The van der Waals surface area contributed by atoms with Gasteiger partial charge in [-0.25, -0.2) is 4.79 Å². The molecule has 198 valence electrons. The largest absolute Gasteiger partial charge is 0.496 e. The second-order valence-corrected chi connectivity index (χ2v) is 9.19. The fourth-order valence-electron chi connectivity index (χ4n) is 3.53. The number of alkyl halides is 2. The van der Waals surface area contributed by atoms with E-state index >= 15 is 0 Å².